The molecule has 2 aliphatic rings. The molecule has 2 aliphatic heterocycles. The summed E-state index contributed by atoms with van der Waals surface area (Å²) >= 11 is 1.53. The normalized spacial score (nSPS) is 20.4. The van der Waals surface area contributed by atoms with Crippen molar-refractivity contribution in [3.05, 3.63) is 58.5 Å². The molecule has 3 aromatic rings. The molecular weight excluding hydrogens is 506 g/mol. The van der Waals surface area contributed by atoms with Crippen LogP contribution in [0.3, 0.4) is 0 Å². The largest absolute Gasteiger partial charge is 0.365 e. The highest BCUT2D eigenvalue weighted by Crippen LogP contribution is 2.43. The van der Waals surface area contributed by atoms with Gasteiger partial charge in [-0.2, -0.15) is 0 Å². The number of thioether (sulfide) groups is 1. The Morgan fingerprint density at radius 1 is 1.19 bits per heavy atom. The lowest BCUT2D eigenvalue weighted by Crippen LogP contribution is -2.35. The van der Waals surface area contributed by atoms with Gasteiger partial charge in [-0.05, 0) is 48.4 Å². The number of nitrogens with two attached hydrogens (primary N) is 1. The zero-order valence-corrected chi connectivity index (χ0v) is 23.2. The van der Waals surface area contributed by atoms with Crippen LogP contribution < -0.4 is 5.73 Å². The lowest BCUT2D eigenvalue weighted by Gasteiger charge is -2.35. The van der Waals surface area contributed by atoms with Gasteiger partial charge >= 0.3 is 0 Å². The predicted molar refractivity (Wildman–Crippen MR) is 148 cm³/mol. The molecule has 5 rings (SSSR count). The molecule has 8 nitrogen and oxygen atoms in total. The number of nitrogens with zero attached hydrogens (tertiary/aromatic N) is 3. The number of nitrogens with one attached hydrogen (secondary N) is 1. The predicted octanol–water partition coefficient (Wildman–Crippen LogP) is 4.47. The molecule has 10 heteroatoms. The Labute approximate surface area is 222 Å². The molecule has 37 heavy (non-hydrogen) atoms. The number of sulfone groups is 1. The number of carbonyl (C=O) groups is 1. The van der Waals surface area contributed by atoms with E-state index in [9.17, 15) is 13.2 Å². The van der Waals surface area contributed by atoms with Crippen LogP contribution in [0.15, 0.2) is 41.7 Å². The van der Waals surface area contributed by atoms with Crippen LogP contribution in [0.2, 0.25) is 0 Å². The van der Waals surface area contributed by atoms with Crippen LogP contribution in [0.5, 0.6) is 0 Å². The first-order chi connectivity index (χ1) is 17.4. The highest BCUT2D eigenvalue weighted by atomic mass is 32.2. The van der Waals surface area contributed by atoms with Crippen molar-refractivity contribution < 1.29 is 13.2 Å². The van der Waals surface area contributed by atoms with Gasteiger partial charge in [0.1, 0.15) is 16.2 Å². The van der Waals surface area contributed by atoms with Gasteiger partial charge in [0.25, 0.3) is 5.91 Å². The molecule has 2 aromatic heterocycles. The minimum atomic E-state index is -2.91. The first-order valence-electron chi connectivity index (χ1n) is 12.5. The zero-order valence-electron chi connectivity index (χ0n) is 21.6. The maximum Gasteiger partial charge on any atom is 0.256 e. The maximum absolute atomic E-state index is 11.9. The van der Waals surface area contributed by atoms with Gasteiger partial charge in [-0.3, -0.25) is 4.79 Å². The number of aromatic nitrogens is 3. The SMILES string of the molecule is Cc1cc(-c2ncnc3cc(C4CCS(=O)(=O)CC4)[nH]c23)ccc1CN1C=C(C(N)=O)SC1C(C)(C)C. The molecule has 0 bridgehead atoms. The molecule has 0 aliphatic carbocycles. The van der Waals surface area contributed by atoms with Gasteiger partial charge in [0.05, 0.1) is 38.5 Å². The minimum Gasteiger partial charge on any atom is -0.365 e. The molecule has 196 valence electrons. The first-order valence-corrected chi connectivity index (χ1v) is 15.2. The molecule has 0 spiro atoms. The van der Waals surface area contributed by atoms with E-state index in [1.807, 2.05) is 12.3 Å². The number of H-pyrrole nitrogens is 1. The van der Waals surface area contributed by atoms with Crippen LogP contribution in [0.25, 0.3) is 22.3 Å². The highest BCUT2D eigenvalue weighted by molar-refractivity contribution is 8.04. The van der Waals surface area contributed by atoms with Crippen LogP contribution in [-0.4, -0.2) is 51.1 Å². The number of rotatable bonds is 5. The Bertz CT molecular complexity index is 1490. The topological polar surface area (TPSA) is 122 Å². The zero-order chi connectivity index (χ0) is 26.5. The molecule has 1 saturated heterocycles. The average Bonchev–Trinajstić information content (AvgIpc) is 3.45. The van der Waals surface area contributed by atoms with Crippen molar-refractivity contribution in [2.75, 3.05) is 11.5 Å². The summed E-state index contributed by atoms with van der Waals surface area (Å²) in [6.07, 6.45) is 4.72. The Morgan fingerprint density at radius 3 is 2.57 bits per heavy atom. The Kier molecular flexibility index (Phi) is 6.60. The van der Waals surface area contributed by atoms with E-state index < -0.39 is 9.84 Å². The summed E-state index contributed by atoms with van der Waals surface area (Å²) in [6, 6.07) is 8.37. The van der Waals surface area contributed by atoms with Crippen LogP contribution >= 0.6 is 11.8 Å². The average molecular weight is 540 g/mol. The molecule has 0 saturated carbocycles. The Morgan fingerprint density at radius 2 is 1.92 bits per heavy atom. The Hall–Kier alpha value is -2.85. The molecule has 1 aromatic carbocycles. The van der Waals surface area contributed by atoms with E-state index in [4.69, 9.17) is 5.73 Å². The number of carbonyl (C=O) groups excluding carboxylic acids is 1. The summed E-state index contributed by atoms with van der Waals surface area (Å²) in [4.78, 5) is 27.2. The van der Waals surface area contributed by atoms with Crippen molar-refractivity contribution in [3.63, 3.8) is 0 Å². The van der Waals surface area contributed by atoms with E-state index in [2.05, 4.69) is 65.7 Å². The number of fused-ring (bicyclic) bond motifs is 1. The highest BCUT2D eigenvalue weighted by Gasteiger charge is 2.36. The second-order valence-corrected chi connectivity index (χ2v) is 14.6. The smallest absolute Gasteiger partial charge is 0.256 e. The second kappa shape index (κ2) is 9.47. The van der Waals surface area contributed by atoms with E-state index in [-0.39, 0.29) is 34.1 Å². The van der Waals surface area contributed by atoms with Gasteiger partial charge in [0, 0.05) is 29.9 Å². The van der Waals surface area contributed by atoms with Crippen molar-refractivity contribution in [1.82, 2.24) is 19.9 Å². The lowest BCUT2D eigenvalue weighted by atomic mass is 9.95. The summed E-state index contributed by atoms with van der Waals surface area (Å²) in [5.74, 6) is 0.255. The molecule has 3 N–H and O–H groups in total. The fourth-order valence-corrected chi connectivity index (χ4v) is 7.85. The molecule has 1 atom stereocenters. The number of amides is 1. The second-order valence-electron chi connectivity index (χ2n) is 11.1. The fourth-order valence-electron chi connectivity index (χ4n) is 5.18. The number of hydrogen-bond donors (Lipinski definition) is 2. The van der Waals surface area contributed by atoms with E-state index in [0.29, 0.717) is 24.3 Å². The lowest BCUT2D eigenvalue weighted by molar-refractivity contribution is -0.113. The van der Waals surface area contributed by atoms with Crippen LogP contribution in [0.1, 0.15) is 56.4 Å². The third-order valence-corrected chi connectivity index (χ3v) is 10.7. The standard InChI is InChI=1S/C27H33N5O3S2/c1-16-11-18(5-6-19(16)13-32-14-22(25(28)33)36-26(32)27(2,3)4)23-24-21(29-15-30-23)12-20(31-24)17-7-9-37(34,35)10-8-17/h5-6,11-12,14-15,17,26,31H,7-10,13H2,1-4H3,(H2,28,33). The van der Waals surface area contributed by atoms with Crippen molar-refractivity contribution >= 4 is 38.5 Å². The third kappa shape index (κ3) is 5.27. The monoisotopic (exact) mass is 539 g/mol. The molecule has 1 amide bonds. The van der Waals surface area contributed by atoms with Gasteiger partial charge in [0.2, 0.25) is 0 Å². The van der Waals surface area contributed by atoms with Crippen molar-refractivity contribution in [2.24, 2.45) is 11.1 Å². The Balaban J connectivity index is 1.42. The number of benzene rings is 1. The van der Waals surface area contributed by atoms with E-state index in [1.54, 1.807) is 6.33 Å². The summed E-state index contributed by atoms with van der Waals surface area (Å²) < 4.78 is 23.7. The molecule has 1 unspecified atom stereocenters. The maximum atomic E-state index is 11.9. The summed E-state index contributed by atoms with van der Waals surface area (Å²) in [6.45, 7) is 9.27. The number of aryl methyl sites for hydroxylation is 1. The summed E-state index contributed by atoms with van der Waals surface area (Å²) in [7, 11) is -2.91. The quantitative estimate of drug-likeness (QED) is 0.490. The van der Waals surface area contributed by atoms with Gasteiger partial charge in [-0.15, -0.1) is 0 Å². The molecule has 0 radical (unpaired) electrons. The summed E-state index contributed by atoms with van der Waals surface area (Å²) in [5, 5.41) is 0.114. The minimum absolute atomic E-state index is 0.0351. The number of aromatic amines is 1. The van der Waals surface area contributed by atoms with E-state index in [0.717, 1.165) is 33.5 Å². The van der Waals surface area contributed by atoms with Gasteiger partial charge in [0.15, 0.2) is 0 Å². The fraction of sp³-hybridized carbons (Fsp3) is 0.444. The van der Waals surface area contributed by atoms with Gasteiger partial charge in [-0.25, -0.2) is 18.4 Å². The summed E-state index contributed by atoms with van der Waals surface area (Å²) in [5.41, 5.74) is 12.4. The number of hydrogen-bond acceptors (Lipinski definition) is 7. The number of primary amides is 1. The van der Waals surface area contributed by atoms with Crippen molar-refractivity contribution in [1.29, 1.82) is 0 Å². The van der Waals surface area contributed by atoms with Gasteiger partial charge in [-0.1, -0.05) is 44.7 Å². The van der Waals surface area contributed by atoms with Crippen LogP contribution in [0, 0.1) is 12.3 Å². The van der Waals surface area contributed by atoms with Gasteiger partial charge < -0.3 is 15.6 Å². The molecule has 4 heterocycles. The third-order valence-electron chi connectivity index (χ3n) is 7.21. The molecular formula is C27H33N5O3S2. The van der Waals surface area contributed by atoms with Crippen molar-refractivity contribution in [2.45, 2.75) is 58.4 Å². The van der Waals surface area contributed by atoms with E-state index in [1.165, 1.54) is 17.3 Å². The van der Waals surface area contributed by atoms with Crippen LogP contribution in [-0.2, 0) is 21.2 Å². The molecule has 1 fully saturated rings. The first kappa shape index (κ1) is 25.8. The van der Waals surface area contributed by atoms with Crippen LogP contribution in [0.4, 0.5) is 0 Å². The van der Waals surface area contributed by atoms with E-state index >= 15 is 0 Å². The van der Waals surface area contributed by atoms with Crippen molar-refractivity contribution in [3.8, 4) is 11.3 Å².